The van der Waals surface area contributed by atoms with Crippen LogP contribution in [-0.4, -0.2) is 193 Å². The van der Waals surface area contributed by atoms with Crippen molar-refractivity contribution in [2.75, 3.05) is 13.2 Å². The van der Waals surface area contributed by atoms with Gasteiger partial charge in [-0.3, -0.25) is 0 Å². The molecule has 15 N–H and O–H groups in total. The Bertz CT molecular complexity index is 1760. The van der Waals surface area contributed by atoms with Gasteiger partial charge in [0, 0.05) is 12.8 Å². The van der Waals surface area contributed by atoms with E-state index in [4.69, 9.17) is 28.4 Å². The maximum absolute atomic E-state index is 13.5. The zero-order chi connectivity index (χ0) is 42.3. The van der Waals surface area contributed by atoms with Crippen LogP contribution in [0.5, 0.6) is 34.5 Å². The molecule has 1 aliphatic carbocycles. The van der Waals surface area contributed by atoms with Gasteiger partial charge in [-0.1, -0.05) is 0 Å². The van der Waals surface area contributed by atoms with E-state index in [1.807, 2.05) is 0 Å². The van der Waals surface area contributed by atoms with Gasteiger partial charge in [-0.15, -0.1) is 0 Å². The number of hydrogen-bond donors (Lipinski definition) is 15. The molecule has 2 aromatic rings. The molecule has 2 aliphatic heterocycles. The molecule has 1 saturated carbocycles. The lowest BCUT2D eigenvalue weighted by atomic mass is 9.79. The van der Waals surface area contributed by atoms with E-state index in [1.54, 1.807) is 0 Å². The second-order valence-electron chi connectivity index (χ2n) is 13.5. The van der Waals surface area contributed by atoms with Gasteiger partial charge < -0.3 is 105 Å². The number of phenolic OH excluding ortho intramolecular Hbond substituents is 6. The molecule has 0 aromatic heterocycles. The monoisotopic (exact) mass is 820 g/mol. The first-order chi connectivity index (χ1) is 26.7. The first kappa shape index (κ1) is 43.3. The molecule has 0 spiro atoms. The third kappa shape index (κ3) is 8.71. The van der Waals surface area contributed by atoms with E-state index in [2.05, 4.69) is 0 Å². The van der Waals surface area contributed by atoms with E-state index in [-0.39, 0.29) is 0 Å². The van der Waals surface area contributed by atoms with Crippen LogP contribution in [0.1, 0.15) is 33.6 Å². The van der Waals surface area contributed by atoms with Crippen LogP contribution >= 0.6 is 0 Å². The molecule has 2 aromatic carbocycles. The summed E-state index contributed by atoms with van der Waals surface area (Å²) in [5.74, 6) is -11.1. The summed E-state index contributed by atoms with van der Waals surface area (Å²) in [5, 5.41) is 153. The smallest absolute Gasteiger partial charge is 0.338 e. The number of ether oxygens (including phenoxy) is 6. The third-order valence-electron chi connectivity index (χ3n) is 9.59. The highest BCUT2D eigenvalue weighted by Gasteiger charge is 2.57. The van der Waals surface area contributed by atoms with Crippen molar-refractivity contribution in [3.8, 4) is 34.5 Å². The van der Waals surface area contributed by atoms with Crippen LogP contribution in [0.15, 0.2) is 24.3 Å². The molecule has 5 rings (SSSR count). The summed E-state index contributed by atoms with van der Waals surface area (Å²) < 4.78 is 33.4. The first-order valence-electron chi connectivity index (χ1n) is 16.8. The molecular formula is C33H40O24. The molecule has 3 fully saturated rings. The van der Waals surface area contributed by atoms with Crippen LogP contribution in [0.25, 0.3) is 0 Å². The van der Waals surface area contributed by atoms with Gasteiger partial charge in [0.25, 0.3) is 0 Å². The summed E-state index contributed by atoms with van der Waals surface area (Å²) in [7, 11) is 0. The fourth-order valence-corrected chi connectivity index (χ4v) is 6.44. The Morgan fingerprint density at radius 1 is 0.596 bits per heavy atom. The number of rotatable bonds is 11. The zero-order valence-electron chi connectivity index (χ0n) is 29.0. The van der Waals surface area contributed by atoms with Crippen molar-refractivity contribution < 1.29 is 119 Å². The third-order valence-corrected chi connectivity index (χ3v) is 9.59. The molecule has 0 bridgehead atoms. The Kier molecular flexibility index (Phi) is 12.9. The first-order valence-corrected chi connectivity index (χ1v) is 16.8. The largest absolute Gasteiger partial charge is 0.504 e. The van der Waals surface area contributed by atoms with Gasteiger partial charge in [0.15, 0.2) is 58.8 Å². The number of aliphatic hydroxyl groups excluding tert-OH is 7. The summed E-state index contributed by atoms with van der Waals surface area (Å²) in [4.78, 5) is 39.3. The summed E-state index contributed by atoms with van der Waals surface area (Å²) >= 11 is 0. The predicted molar refractivity (Wildman–Crippen MR) is 174 cm³/mol. The maximum Gasteiger partial charge on any atom is 0.338 e. The summed E-state index contributed by atoms with van der Waals surface area (Å²) in [6.45, 7) is -1.94. The second-order valence-corrected chi connectivity index (χ2v) is 13.5. The molecule has 14 atom stereocenters. The fraction of sp³-hybridized carbons (Fsp3) is 0.545. The second kappa shape index (κ2) is 16.9. The van der Waals surface area contributed by atoms with Crippen LogP contribution < -0.4 is 0 Å². The molecule has 2 saturated heterocycles. The van der Waals surface area contributed by atoms with Gasteiger partial charge >= 0.3 is 17.9 Å². The van der Waals surface area contributed by atoms with E-state index in [0.29, 0.717) is 24.3 Å². The molecule has 0 amide bonds. The van der Waals surface area contributed by atoms with Gasteiger partial charge in [0.2, 0.25) is 0 Å². The van der Waals surface area contributed by atoms with Crippen molar-refractivity contribution in [2.24, 2.45) is 0 Å². The number of phenols is 6. The number of hydrogen-bond acceptors (Lipinski definition) is 23. The van der Waals surface area contributed by atoms with Gasteiger partial charge in [0.1, 0.15) is 61.0 Å². The highest BCUT2D eigenvalue weighted by Crippen LogP contribution is 2.41. The molecule has 2 heterocycles. The standard InChI is InChI=1S/C33H40O24/c34-7-17-21(42)23(44)25(46)30(54-17)57-27-24(45)22(43)18(8-35)55-31(27)53-16-6-33(51,32(49)50)5-15(52-28(47)9-1-11(36)19(40)12(37)2-9)26(16)56-29(48)10-3-13(38)20(41)14(39)4-10/h1-4,15-18,21-27,30-31,34-46,51H,5-8H2,(H,49,50)/t15-,16+,17-,18-,21-,22-,23-,24+,25-,26-,27-,30-,31-,33+/m0/s1. The Morgan fingerprint density at radius 3 is 1.51 bits per heavy atom. The van der Waals surface area contributed by atoms with E-state index in [9.17, 15) is 91.0 Å². The number of aromatic hydroxyl groups is 6. The van der Waals surface area contributed by atoms with Crippen LogP contribution in [0, 0.1) is 0 Å². The van der Waals surface area contributed by atoms with E-state index < -0.39 is 175 Å². The molecular weight excluding hydrogens is 780 g/mol. The number of carbonyl (C=O) groups is 3. The van der Waals surface area contributed by atoms with Gasteiger partial charge in [-0.25, -0.2) is 14.4 Å². The van der Waals surface area contributed by atoms with Crippen molar-refractivity contribution in [2.45, 2.75) is 98.2 Å². The minimum absolute atomic E-state index is 0.624. The SMILES string of the molecule is O=C(O[C@H]1[C@@H](OC(=O)c2cc(O)c(O)c(O)c2)C[C@](O)(C(=O)O)C[C@H]1O[C@H]1O[C@@H](CO)[C@H](O)[C@@H](O)[C@@H]1O[C@@H]1O[C@@H](CO)[C@H](O)[C@H](O)[C@@H]1O)c1cc(O)c(O)c(O)c1. The Morgan fingerprint density at radius 2 is 1.04 bits per heavy atom. The Labute approximate surface area is 318 Å². The number of esters is 2. The molecule has 0 unspecified atom stereocenters. The minimum atomic E-state index is -2.94. The minimum Gasteiger partial charge on any atom is -0.504 e. The van der Waals surface area contributed by atoms with Crippen LogP contribution in [0.4, 0.5) is 0 Å². The average Bonchev–Trinajstić information content (AvgIpc) is 3.16. The average molecular weight is 821 g/mol. The zero-order valence-corrected chi connectivity index (χ0v) is 29.0. The Balaban J connectivity index is 1.56. The van der Waals surface area contributed by atoms with Gasteiger partial charge in [-0.05, 0) is 24.3 Å². The number of aliphatic carboxylic acids is 1. The highest BCUT2D eigenvalue weighted by atomic mass is 16.8. The topological polar surface area (TPSA) is 410 Å². The van der Waals surface area contributed by atoms with Crippen molar-refractivity contribution in [3.05, 3.63) is 35.4 Å². The molecule has 24 heteroatoms. The van der Waals surface area contributed by atoms with Crippen molar-refractivity contribution >= 4 is 17.9 Å². The number of carboxylic acid groups (broad SMARTS) is 1. The summed E-state index contributed by atoms with van der Waals surface area (Å²) in [6.07, 6.45) is -28.2. The summed E-state index contributed by atoms with van der Waals surface area (Å²) in [6, 6.07) is 2.51. The van der Waals surface area contributed by atoms with Crippen LogP contribution in [-0.2, 0) is 33.2 Å². The van der Waals surface area contributed by atoms with E-state index in [0.717, 1.165) is 0 Å². The Hall–Kier alpha value is -4.83. The summed E-state index contributed by atoms with van der Waals surface area (Å²) in [5.41, 5.74) is -4.28. The van der Waals surface area contributed by atoms with Gasteiger partial charge in [0.05, 0.1) is 24.3 Å². The van der Waals surface area contributed by atoms with E-state index >= 15 is 0 Å². The molecule has 3 aliphatic rings. The molecule has 316 valence electrons. The molecule has 57 heavy (non-hydrogen) atoms. The fourth-order valence-electron chi connectivity index (χ4n) is 6.44. The quantitative estimate of drug-likeness (QED) is 0.0748. The number of aliphatic hydroxyl groups is 8. The maximum atomic E-state index is 13.5. The predicted octanol–water partition coefficient (Wildman–Crippen LogP) is -4.71. The highest BCUT2D eigenvalue weighted by molar-refractivity contribution is 5.92. The van der Waals surface area contributed by atoms with Crippen LogP contribution in [0.3, 0.4) is 0 Å². The van der Waals surface area contributed by atoms with Crippen molar-refractivity contribution in [3.63, 3.8) is 0 Å². The van der Waals surface area contributed by atoms with Crippen molar-refractivity contribution in [1.29, 1.82) is 0 Å². The van der Waals surface area contributed by atoms with Crippen molar-refractivity contribution in [1.82, 2.24) is 0 Å². The number of carbonyl (C=O) groups excluding carboxylic acids is 2. The molecule has 0 radical (unpaired) electrons. The number of carboxylic acids is 1. The lowest BCUT2D eigenvalue weighted by Crippen LogP contribution is -2.66. The van der Waals surface area contributed by atoms with Gasteiger partial charge in [-0.2, -0.15) is 0 Å². The lowest BCUT2D eigenvalue weighted by molar-refractivity contribution is -0.376. The molecule has 24 nitrogen and oxygen atoms in total. The lowest BCUT2D eigenvalue weighted by Gasteiger charge is -2.48. The van der Waals surface area contributed by atoms with E-state index in [1.165, 1.54) is 0 Å². The number of benzene rings is 2. The normalized spacial score (nSPS) is 35.6. The van der Waals surface area contributed by atoms with Crippen LogP contribution in [0.2, 0.25) is 0 Å².